The highest BCUT2D eigenvalue weighted by atomic mass is 14.9. The molecule has 2 nitrogen and oxygen atoms in total. The maximum atomic E-state index is 4.47. The van der Waals surface area contributed by atoms with Crippen LogP contribution in [0.2, 0.25) is 0 Å². The van der Waals surface area contributed by atoms with Crippen LogP contribution in [0, 0.1) is 5.92 Å². The van der Waals surface area contributed by atoms with Gasteiger partial charge in [0.15, 0.2) is 0 Å². The Morgan fingerprint density at radius 1 is 1.10 bits per heavy atom. The van der Waals surface area contributed by atoms with Crippen LogP contribution in [-0.2, 0) is 0 Å². The third kappa shape index (κ3) is 3.82. The molecular weight excluding hydrogens is 256 g/mol. The van der Waals surface area contributed by atoms with E-state index in [0.717, 1.165) is 6.54 Å². The molecule has 0 amide bonds. The van der Waals surface area contributed by atoms with E-state index in [2.05, 4.69) is 61.5 Å². The fraction of sp³-hybridized carbons (Fsp3) is 0.526. The van der Waals surface area contributed by atoms with Crippen molar-refractivity contribution in [2.75, 3.05) is 6.54 Å². The zero-order valence-electron chi connectivity index (χ0n) is 13.6. The SMILES string of the molecule is CCCCC(CC)C(NCC)c1cncc2ccccc12. The first-order valence-electron chi connectivity index (χ1n) is 8.37. The summed E-state index contributed by atoms with van der Waals surface area (Å²) in [5.74, 6) is 0.678. The van der Waals surface area contributed by atoms with Crippen molar-refractivity contribution < 1.29 is 0 Å². The van der Waals surface area contributed by atoms with E-state index < -0.39 is 0 Å². The number of aromatic nitrogens is 1. The van der Waals surface area contributed by atoms with Crippen LogP contribution < -0.4 is 5.32 Å². The summed E-state index contributed by atoms with van der Waals surface area (Å²) in [7, 11) is 0. The largest absolute Gasteiger partial charge is 0.310 e. The molecule has 2 rings (SSSR count). The molecule has 0 fully saturated rings. The number of unbranched alkanes of at least 4 members (excludes halogenated alkanes) is 1. The molecule has 0 saturated heterocycles. The highest BCUT2D eigenvalue weighted by Crippen LogP contribution is 2.32. The molecule has 0 aliphatic carbocycles. The number of fused-ring (bicyclic) bond motifs is 1. The Labute approximate surface area is 129 Å². The van der Waals surface area contributed by atoms with Gasteiger partial charge in [0.25, 0.3) is 0 Å². The summed E-state index contributed by atoms with van der Waals surface area (Å²) in [6, 6.07) is 9.00. The molecule has 0 saturated carbocycles. The van der Waals surface area contributed by atoms with Crippen molar-refractivity contribution in [2.45, 2.75) is 52.5 Å². The molecular formula is C19H28N2. The minimum atomic E-state index is 0.408. The van der Waals surface area contributed by atoms with E-state index >= 15 is 0 Å². The van der Waals surface area contributed by atoms with Gasteiger partial charge in [0.1, 0.15) is 0 Å². The van der Waals surface area contributed by atoms with Gasteiger partial charge in [-0.15, -0.1) is 0 Å². The number of nitrogens with one attached hydrogen (secondary N) is 1. The molecule has 0 bridgehead atoms. The summed E-state index contributed by atoms with van der Waals surface area (Å²) >= 11 is 0. The lowest BCUT2D eigenvalue weighted by atomic mass is 9.85. The normalized spacial score (nSPS) is 14.2. The van der Waals surface area contributed by atoms with Gasteiger partial charge in [-0.1, -0.05) is 64.3 Å². The summed E-state index contributed by atoms with van der Waals surface area (Å²) in [6.45, 7) is 7.77. The molecule has 2 aromatic rings. The van der Waals surface area contributed by atoms with Crippen LogP contribution >= 0.6 is 0 Å². The fourth-order valence-corrected chi connectivity index (χ4v) is 3.21. The van der Waals surface area contributed by atoms with Crippen molar-refractivity contribution >= 4 is 10.8 Å². The van der Waals surface area contributed by atoms with Crippen molar-refractivity contribution in [2.24, 2.45) is 5.92 Å². The van der Waals surface area contributed by atoms with Gasteiger partial charge in [0, 0.05) is 23.8 Å². The topological polar surface area (TPSA) is 24.9 Å². The van der Waals surface area contributed by atoms with Gasteiger partial charge in [0.05, 0.1) is 0 Å². The van der Waals surface area contributed by atoms with Crippen molar-refractivity contribution in [3.8, 4) is 0 Å². The van der Waals surface area contributed by atoms with E-state index in [-0.39, 0.29) is 0 Å². The fourth-order valence-electron chi connectivity index (χ4n) is 3.21. The standard InChI is InChI=1S/C19H28N2/c1-4-7-10-15(5-2)19(21-6-3)18-14-20-13-16-11-8-9-12-17(16)18/h8-9,11-15,19,21H,4-7,10H2,1-3H3. The summed E-state index contributed by atoms with van der Waals surface area (Å²) in [5.41, 5.74) is 1.36. The van der Waals surface area contributed by atoms with E-state index in [0.29, 0.717) is 12.0 Å². The Kier molecular flexibility index (Phi) is 6.19. The summed E-state index contributed by atoms with van der Waals surface area (Å²) in [4.78, 5) is 4.47. The highest BCUT2D eigenvalue weighted by Gasteiger charge is 2.22. The zero-order valence-corrected chi connectivity index (χ0v) is 13.6. The van der Waals surface area contributed by atoms with Crippen LogP contribution in [0.1, 0.15) is 58.1 Å². The number of benzene rings is 1. The lowest BCUT2D eigenvalue weighted by Crippen LogP contribution is -2.28. The Morgan fingerprint density at radius 3 is 2.62 bits per heavy atom. The van der Waals surface area contributed by atoms with E-state index in [1.54, 1.807) is 0 Å². The minimum Gasteiger partial charge on any atom is -0.310 e. The molecule has 114 valence electrons. The molecule has 0 spiro atoms. The number of pyridine rings is 1. The van der Waals surface area contributed by atoms with E-state index in [4.69, 9.17) is 0 Å². The predicted molar refractivity (Wildman–Crippen MR) is 91.5 cm³/mol. The second-order valence-corrected chi connectivity index (χ2v) is 5.80. The van der Waals surface area contributed by atoms with Crippen LogP contribution in [0.4, 0.5) is 0 Å². The lowest BCUT2D eigenvalue weighted by Gasteiger charge is -2.28. The number of rotatable bonds is 8. The van der Waals surface area contributed by atoms with Crippen molar-refractivity contribution in [1.29, 1.82) is 0 Å². The average Bonchev–Trinajstić information content (AvgIpc) is 2.54. The molecule has 2 unspecified atom stereocenters. The molecule has 1 aromatic carbocycles. The average molecular weight is 284 g/mol. The Hall–Kier alpha value is -1.41. The van der Waals surface area contributed by atoms with E-state index in [1.165, 1.54) is 42.0 Å². The molecule has 21 heavy (non-hydrogen) atoms. The van der Waals surface area contributed by atoms with Crippen LogP contribution in [0.5, 0.6) is 0 Å². The monoisotopic (exact) mass is 284 g/mol. The Morgan fingerprint density at radius 2 is 1.90 bits per heavy atom. The number of hydrogen-bond acceptors (Lipinski definition) is 2. The van der Waals surface area contributed by atoms with Crippen molar-refractivity contribution in [3.05, 3.63) is 42.2 Å². The molecule has 1 aromatic heterocycles. The number of hydrogen-bond donors (Lipinski definition) is 1. The molecule has 2 heteroatoms. The smallest absolute Gasteiger partial charge is 0.0369 e. The lowest BCUT2D eigenvalue weighted by molar-refractivity contribution is 0.329. The molecule has 0 radical (unpaired) electrons. The third-order valence-corrected chi connectivity index (χ3v) is 4.38. The van der Waals surface area contributed by atoms with Crippen LogP contribution in [0.3, 0.4) is 0 Å². The summed E-state index contributed by atoms with van der Waals surface area (Å²) < 4.78 is 0. The van der Waals surface area contributed by atoms with Crippen LogP contribution in [0.25, 0.3) is 10.8 Å². The zero-order chi connectivity index (χ0) is 15.1. The Bertz CT molecular complexity index is 545. The van der Waals surface area contributed by atoms with Gasteiger partial charge in [-0.05, 0) is 29.8 Å². The van der Waals surface area contributed by atoms with Gasteiger partial charge >= 0.3 is 0 Å². The van der Waals surface area contributed by atoms with Crippen molar-refractivity contribution in [1.82, 2.24) is 10.3 Å². The molecule has 0 aliphatic rings. The van der Waals surface area contributed by atoms with Gasteiger partial charge in [-0.25, -0.2) is 0 Å². The first kappa shape index (κ1) is 16.0. The summed E-state index contributed by atoms with van der Waals surface area (Å²) in [5, 5.41) is 6.29. The molecule has 1 N–H and O–H groups in total. The number of nitrogens with zero attached hydrogens (tertiary/aromatic N) is 1. The van der Waals surface area contributed by atoms with Gasteiger partial charge in [-0.3, -0.25) is 4.98 Å². The molecule has 1 heterocycles. The molecule has 0 aliphatic heterocycles. The first-order valence-corrected chi connectivity index (χ1v) is 8.37. The first-order chi connectivity index (χ1) is 10.3. The van der Waals surface area contributed by atoms with Gasteiger partial charge in [-0.2, -0.15) is 0 Å². The van der Waals surface area contributed by atoms with Crippen molar-refractivity contribution in [3.63, 3.8) is 0 Å². The third-order valence-electron chi connectivity index (χ3n) is 4.38. The molecule has 2 atom stereocenters. The summed E-state index contributed by atoms with van der Waals surface area (Å²) in [6.07, 6.45) is 9.09. The second-order valence-electron chi connectivity index (χ2n) is 5.80. The van der Waals surface area contributed by atoms with E-state index in [1.807, 2.05) is 6.20 Å². The van der Waals surface area contributed by atoms with Crippen LogP contribution in [0.15, 0.2) is 36.7 Å². The predicted octanol–water partition coefficient (Wildman–Crippen LogP) is 5.10. The maximum absolute atomic E-state index is 4.47. The maximum Gasteiger partial charge on any atom is 0.0369 e. The van der Waals surface area contributed by atoms with E-state index in [9.17, 15) is 0 Å². The minimum absolute atomic E-state index is 0.408. The quantitative estimate of drug-likeness (QED) is 0.729. The van der Waals surface area contributed by atoms with Gasteiger partial charge in [0.2, 0.25) is 0 Å². The Balaban J connectivity index is 2.39. The van der Waals surface area contributed by atoms with Gasteiger partial charge < -0.3 is 5.32 Å². The van der Waals surface area contributed by atoms with Crippen LogP contribution in [-0.4, -0.2) is 11.5 Å². The second kappa shape index (κ2) is 8.14. The highest BCUT2D eigenvalue weighted by molar-refractivity contribution is 5.85.